The van der Waals surface area contributed by atoms with Crippen LogP contribution in [-0.4, -0.2) is 33.8 Å². The molecule has 3 aliphatic carbocycles. The van der Waals surface area contributed by atoms with E-state index in [0.29, 0.717) is 10.8 Å². The molecule has 1 saturated carbocycles. The predicted octanol–water partition coefficient (Wildman–Crippen LogP) is 2.69. The smallest absolute Gasteiger partial charge is 0.194 e. The van der Waals surface area contributed by atoms with E-state index in [1.54, 1.807) is 11.6 Å². The lowest BCUT2D eigenvalue weighted by atomic mass is 9.70. The largest absolute Gasteiger partial charge is 0.549 e. The van der Waals surface area contributed by atoms with Gasteiger partial charge in [0.15, 0.2) is 5.78 Å². The number of aliphatic carboxylic acids is 1. The van der Waals surface area contributed by atoms with Crippen LogP contribution in [0, 0.1) is 5.92 Å². The van der Waals surface area contributed by atoms with Crippen molar-refractivity contribution in [1.82, 2.24) is 4.90 Å². The third-order valence-electron chi connectivity index (χ3n) is 6.64. The van der Waals surface area contributed by atoms with E-state index in [2.05, 4.69) is 4.90 Å². The van der Waals surface area contributed by atoms with Gasteiger partial charge in [0.2, 0.25) is 0 Å². The highest BCUT2D eigenvalue weighted by Gasteiger charge is 2.55. The summed E-state index contributed by atoms with van der Waals surface area (Å²) in [4.78, 5) is 31.6. The standard InChI is InChI=1S/C21H24N2O3S/c24-18-11-17-15(10-19(18)27-12-20(25)26)22-21-8-4-3-6-14(21)9-13-5-1-2-7-16(13)23(17)21/h10-11,14H,1-9,12H2,(H,25,26)/p-1/t14-,21-/m0/s1. The maximum atomic E-state index is 12.7. The lowest BCUT2D eigenvalue weighted by Gasteiger charge is -2.52. The number of hydrogen-bond acceptors (Lipinski definition) is 6. The second kappa shape index (κ2) is 6.36. The molecule has 0 unspecified atom stereocenters. The predicted molar refractivity (Wildman–Crippen MR) is 103 cm³/mol. The van der Waals surface area contributed by atoms with Crippen LogP contribution in [0.4, 0.5) is 0 Å². The molecule has 5 nitrogen and oxygen atoms in total. The number of carbonyl (C=O) groups is 2. The van der Waals surface area contributed by atoms with E-state index in [1.807, 2.05) is 6.08 Å². The highest BCUT2D eigenvalue weighted by Crippen LogP contribution is 2.56. The molecular formula is C21H23N2O3S-. The second-order valence-electron chi connectivity index (χ2n) is 8.18. The molecular weight excluding hydrogens is 360 g/mol. The quantitative estimate of drug-likeness (QED) is 0.701. The Hall–Kier alpha value is -1.82. The molecule has 1 spiro atoms. The fraction of sp³-hybridized carbons (Fsp3) is 0.571. The number of carbonyl (C=O) groups excluding carboxylic acids is 2. The molecule has 5 rings (SSSR count). The van der Waals surface area contributed by atoms with Gasteiger partial charge in [-0.05, 0) is 57.4 Å². The van der Waals surface area contributed by atoms with E-state index < -0.39 is 5.97 Å². The number of nitrogens with zero attached hydrogens (tertiary/aromatic N) is 2. The van der Waals surface area contributed by atoms with Gasteiger partial charge in [-0.15, -0.1) is 11.8 Å². The van der Waals surface area contributed by atoms with Crippen LogP contribution in [0.1, 0.15) is 57.8 Å². The van der Waals surface area contributed by atoms with E-state index in [4.69, 9.17) is 4.99 Å². The molecule has 0 amide bonds. The Balaban J connectivity index is 1.58. The Bertz CT molecular complexity index is 853. The minimum absolute atomic E-state index is 0.108. The molecule has 0 aromatic heterocycles. The number of rotatable bonds is 3. The minimum atomic E-state index is -1.16. The van der Waals surface area contributed by atoms with Gasteiger partial charge in [-0.2, -0.15) is 0 Å². The number of carboxylic acids is 1. The van der Waals surface area contributed by atoms with E-state index in [-0.39, 0.29) is 17.2 Å². The molecule has 2 heterocycles. The van der Waals surface area contributed by atoms with Crippen LogP contribution in [0.5, 0.6) is 0 Å². The normalized spacial score (nSPS) is 32.0. The first-order valence-electron chi connectivity index (χ1n) is 10.0. The average molecular weight is 383 g/mol. The van der Waals surface area contributed by atoms with Gasteiger partial charge < -0.3 is 14.8 Å². The van der Waals surface area contributed by atoms with Gasteiger partial charge in [0.05, 0.1) is 22.3 Å². The molecule has 0 bridgehead atoms. The van der Waals surface area contributed by atoms with Crippen molar-refractivity contribution in [3.63, 3.8) is 0 Å². The fourth-order valence-corrected chi connectivity index (χ4v) is 6.23. The van der Waals surface area contributed by atoms with E-state index in [9.17, 15) is 14.7 Å². The zero-order valence-corrected chi connectivity index (χ0v) is 16.1. The summed E-state index contributed by atoms with van der Waals surface area (Å²) in [5, 5.41) is 10.8. The fourth-order valence-electron chi connectivity index (χ4n) is 5.56. The third-order valence-corrected chi connectivity index (χ3v) is 7.65. The Morgan fingerprint density at radius 3 is 2.96 bits per heavy atom. The first kappa shape index (κ1) is 17.3. The summed E-state index contributed by atoms with van der Waals surface area (Å²) in [6, 6.07) is 0. The Morgan fingerprint density at radius 2 is 2.11 bits per heavy atom. The summed E-state index contributed by atoms with van der Waals surface area (Å²) >= 11 is 1.04. The number of thioether (sulfide) groups is 1. The third kappa shape index (κ3) is 2.64. The number of fused-ring (bicyclic) bond motifs is 3. The molecule has 0 aromatic rings. The van der Waals surface area contributed by atoms with Crippen molar-refractivity contribution >= 4 is 29.2 Å². The summed E-state index contributed by atoms with van der Waals surface area (Å²) in [7, 11) is 0. The Labute approximate surface area is 163 Å². The van der Waals surface area contributed by atoms with Gasteiger partial charge >= 0.3 is 0 Å². The zero-order chi connectivity index (χ0) is 18.6. The molecule has 0 saturated heterocycles. The summed E-state index contributed by atoms with van der Waals surface area (Å²) in [6.07, 6.45) is 14.1. The summed E-state index contributed by atoms with van der Waals surface area (Å²) < 4.78 is 0. The lowest BCUT2D eigenvalue weighted by Crippen LogP contribution is -2.53. The van der Waals surface area contributed by atoms with E-state index in [1.165, 1.54) is 44.2 Å². The lowest BCUT2D eigenvalue weighted by molar-refractivity contribution is -0.301. The topological polar surface area (TPSA) is 72.8 Å². The first-order chi connectivity index (χ1) is 13.1. The molecule has 0 N–H and O–H groups in total. The summed E-state index contributed by atoms with van der Waals surface area (Å²) in [5.74, 6) is -0.953. The van der Waals surface area contributed by atoms with Crippen LogP contribution >= 0.6 is 11.8 Å². The van der Waals surface area contributed by atoms with Crippen molar-refractivity contribution < 1.29 is 14.7 Å². The van der Waals surface area contributed by atoms with Gasteiger partial charge in [-0.3, -0.25) is 9.79 Å². The SMILES string of the molecule is O=C([O-])CSC1=CC2=N[C@]34CCCC[C@H]3CC3=C(CCCC3)N4C2=CC1=O. The summed E-state index contributed by atoms with van der Waals surface area (Å²) in [5.41, 5.74) is 4.58. The van der Waals surface area contributed by atoms with Crippen molar-refractivity contribution in [3.05, 3.63) is 34.0 Å². The Kier molecular flexibility index (Phi) is 4.08. The van der Waals surface area contributed by atoms with Crippen LogP contribution in [0.25, 0.3) is 0 Å². The highest BCUT2D eigenvalue weighted by atomic mass is 32.2. The molecule has 142 valence electrons. The van der Waals surface area contributed by atoms with Crippen molar-refractivity contribution in [2.24, 2.45) is 10.9 Å². The first-order valence-corrected chi connectivity index (χ1v) is 11.0. The molecule has 5 aliphatic rings. The molecule has 0 radical (unpaired) electrons. The van der Waals surface area contributed by atoms with Crippen LogP contribution in [0.2, 0.25) is 0 Å². The number of hydrogen-bond donors (Lipinski definition) is 0. The number of allylic oxidation sites excluding steroid dienone is 5. The van der Waals surface area contributed by atoms with Crippen LogP contribution in [0.3, 0.4) is 0 Å². The van der Waals surface area contributed by atoms with Gasteiger partial charge in [-0.1, -0.05) is 12.0 Å². The maximum absolute atomic E-state index is 12.7. The van der Waals surface area contributed by atoms with Crippen molar-refractivity contribution in [1.29, 1.82) is 0 Å². The van der Waals surface area contributed by atoms with Crippen molar-refractivity contribution in [3.8, 4) is 0 Å². The molecule has 27 heavy (non-hydrogen) atoms. The molecule has 1 fully saturated rings. The van der Waals surface area contributed by atoms with E-state index in [0.717, 1.165) is 42.4 Å². The van der Waals surface area contributed by atoms with Gasteiger partial charge in [-0.25, -0.2) is 0 Å². The minimum Gasteiger partial charge on any atom is -0.549 e. The van der Waals surface area contributed by atoms with Crippen LogP contribution in [0.15, 0.2) is 39.0 Å². The molecule has 6 heteroatoms. The van der Waals surface area contributed by atoms with Crippen molar-refractivity contribution in [2.45, 2.75) is 63.5 Å². The highest BCUT2D eigenvalue weighted by molar-refractivity contribution is 8.04. The molecule has 2 atom stereocenters. The number of carboxylic acid groups (broad SMARTS) is 1. The summed E-state index contributed by atoms with van der Waals surface area (Å²) in [6.45, 7) is 0. The van der Waals surface area contributed by atoms with Gasteiger partial charge in [0.1, 0.15) is 5.66 Å². The molecule has 0 aromatic carbocycles. The van der Waals surface area contributed by atoms with Gasteiger partial charge in [0.25, 0.3) is 0 Å². The average Bonchev–Trinajstić information content (AvgIpc) is 2.97. The molecule has 2 aliphatic heterocycles. The number of aliphatic imine (C=N–C) groups is 1. The van der Waals surface area contributed by atoms with Crippen LogP contribution < -0.4 is 5.11 Å². The maximum Gasteiger partial charge on any atom is 0.194 e. The zero-order valence-electron chi connectivity index (χ0n) is 15.3. The number of ketones is 1. The van der Waals surface area contributed by atoms with E-state index >= 15 is 0 Å². The monoisotopic (exact) mass is 383 g/mol. The Morgan fingerprint density at radius 1 is 1.26 bits per heavy atom. The van der Waals surface area contributed by atoms with Crippen LogP contribution in [-0.2, 0) is 9.59 Å². The second-order valence-corrected chi connectivity index (χ2v) is 9.20. The van der Waals surface area contributed by atoms with Gasteiger partial charge in [0, 0.05) is 23.4 Å². The van der Waals surface area contributed by atoms with Crippen molar-refractivity contribution in [2.75, 3.05) is 5.75 Å².